The molecule has 0 atom stereocenters. The highest BCUT2D eigenvalue weighted by atomic mass is 16.5. The predicted octanol–water partition coefficient (Wildman–Crippen LogP) is 1.59. The number of rotatable bonds is 4. The molecule has 0 amide bonds. The molecule has 1 aromatic carbocycles. The predicted molar refractivity (Wildman–Crippen MR) is 64.9 cm³/mol. The largest absolute Gasteiger partial charge is 0.497 e. The maximum absolute atomic E-state index is 5.68. The van der Waals surface area contributed by atoms with Crippen LogP contribution < -0.4 is 15.2 Å². The lowest BCUT2D eigenvalue weighted by Crippen LogP contribution is -1.99. The van der Waals surface area contributed by atoms with E-state index in [-0.39, 0.29) is 0 Å². The Morgan fingerprint density at radius 3 is 2.41 bits per heavy atom. The van der Waals surface area contributed by atoms with Gasteiger partial charge in [-0.3, -0.25) is 4.68 Å². The Hall–Kier alpha value is -2.17. The van der Waals surface area contributed by atoms with Crippen LogP contribution in [0.25, 0.3) is 0 Å². The van der Waals surface area contributed by atoms with E-state index in [9.17, 15) is 0 Å². The molecule has 2 aromatic rings. The lowest BCUT2D eigenvalue weighted by atomic mass is 10.3. The van der Waals surface area contributed by atoms with E-state index in [0.717, 1.165) is 17.2 Å². The van der Waals surface area contributed by atoms with Gasteiger partial charge in [0.15, 0.2) is 0 Å². The Kier molecular flexibility index (Phi) is 3.18. The summed E-state index contributed by atoms with van der Waals surface area (Å²) in [5.74, 6) is 2.20. The normalized spacial score (nSPS) is 10.2. The lowest BCUT2D eigenvalue weighted by Gasteiger charge is -2.05. The second-order valence-electron chi connectivity index (χ2n) is 3.65. The van der Waals surface area contributed by atoms with E-state index in [2.05, 4.69) is 5.10 Å². The fourth-order valence-corrected chi connectivity index (χ4v) is 1.44. The molecule has 90 valence electrons. The van der Waals surface area contributed by atoms with Crippen molar-refractivity contribution in [3.05, 3.63) is 36.0 Å². The average molecular weight is 233 g/mol. The first-order valence-electron chi connectivity index (χ1n) is 5.24. The third-order valence-corrected chi connectivity index (χ3v) is 2.41. The fraction of sp³-hybridized carbons (Fsp3) is 0.250. The maximum atomic E-state index is 5.68. The average Bonchev–Trinajstić information content (AvgIpc) is 2.67. The standard InChI is InChI=1S/C12H15N3O2/c1-15-12(13)7-9(14-15)8-17-11-5-3-10(16-2)4-6-11/h3-7H,8,13H2,1-2H3. The molecule has 17 heavy (non-hydrogen) atoms. The van der Waals surface area contributed by atoms with Gasteiger partial charge in [-0.25, -0.2) is 0 Å². The van der Waals surface area contributed by atoms with E-state index in [1.54, 1.807) is 24.9 Å². The smallest absolute Gasteiger partial charge is 0.132 e. The van der Waals surface area contributed by atoms with Crippen LogP contribution in [0.3, 0.4) is 0 Å². The molecular formula is C12H15N3O2. The summed E-state index contributed by atoms with van der Waals surface area (Å²) in [7, 11) is 3.43. The zero-order valence-corrected chi connectivity index (χ0v) is 9.88. The van der Waals surface area contributed by atoms with Gasteiger partial charge in [-0.15, -0.1) is 0 Å². The number of anilines is 1. The number of nitrogens with two attached hydrogens (primary N) is 1. The molecule has 0 aliphatic heterocycles. The molecule has 0 fully saturated rings. The number of nitrogen functional groups attached to an aromatic ring is 1. The monoisotopic (exact) mass is 233 g/mol. The summed E-state index contributed by atoms with van der Waals surface area (Å²) in [5.41, 5.74) is 6.48. The van der Waals surface area contributed by atoms with Crippen LogP contribution in [0.4, 0.5) is 5.82 Å². The molecule has 0 spiro atoms. The number of aryl methyl sites for hydroxylation is 1. The van der Waals surface area contributed by atoms with Crippen molar-refractivity contribution in [3.8, 4) is 11.5 Å². The van der Waals surface area contributed by atoms with E-state index in [0.29, 0.717) is 12.4 Å². The fourth-order valence-electron chi connectivity index (χ4n) is 1.44. The number of nitrogens with zero attached hydrogens (tertiary/aromatic N) is 2. The summed E-state index contributed by atoms with van der Waals surface area (Å²) < 4.78 is 12.3. The molecule has 0 bridgehead atoms. The van der Waals surface area contributed by atoms with Gasteiger partial charge in [0.2, 0.25) is 0 Å². The third kappa shape index (κ3) is 2.69. The molecule has 5 nitrogen and oxygen atoms in total. The minimum absolute atomic E-state index is 0.400. The second-order valence-corrected chi connectivity index (χ2v) is 3.65. The van der Waals surface area contributed by atoms with Gasteiger partial charge in [-0.2, -0.15) is 5.10 Å². The van der Waals surface area contributed by atoms with Crippen molar-refractivity contribution in [1.29, 1.82) is 0 Å². The molecule has 2 rings (SSSR count). The molecule has 2 N–H and O–H groups in total. The molecule has 1 aromatic heterocycles. The number of benzene rings is 1. The molecule has 1 heterocycles. The van der Waals surface area contributed by atoms with Crippen molar-refractivity contribution in [2.45, 2.75) is 6.61 Å². The van der Waals surface area contributed by atoms with Gasteiger partial charge in [0.1, 0.15) is 29.6 Å². The van der Waals surface area contributed by atoms with Crippen LogP contribution in [0, 0.1) is 0 Å². The molecule has 0 unspecified atom stereocenters. The first-order chi connectivity index (χ1) is 8.19. The summed E-state index contributed by atoms with van der Waals surface area (Å²) in [6.07, 6.45) is 0. The number of hydrogen-bond donors (Lipinski definition) is 1. The topological polar surface area (TPSA) is 62.3 Å². The van der Waals surface area contributed by atoms with Gasteiger partial charge >= 0.3 is 0 Å². The minimum atomic E-state index is 0.400. The van der Waals surface area contributed by atoms with Crippen molar-refractivity contribution < 1.29 is 9.47 Å². The lowest BCUT2D eigenvalue weighted by molar-refractivity contribution is 0.299. The molecule has 0 aliphatic carbocycles. The van der Waals surface area contributed by atoms with E-state index < -0.39 is 0 Å². The van der Waals surface area contributed by atoms with E-state index in [1.807, 2.05) is 24.3 Å². The molecule has 5 heteroatoms. The second kappa shape index (κ2) is 4.78. The van der Waals surface area contributed by atoms with Gasteiger partial charge in [0, 0.05) is 13.1 Å². The van der Waals surface area contributed by atoms with Crippen molar-refractivity contribution in [3.63, 3.8) is 0 Å². The van der Waals surface area contributed by atoms with Crippen LogP contribution in [-0.2, 0) is 13.7 Å². The highest BCUT2D eigenvalue weighted by Crippen LogP contribution is 2.18. The number of hydrogen-bond acceptors (Lipinski definition) is 4. The highest BCUT2D eigenvalue weighted by Gasteiger charge is 2.02. The van der Waals surface area contributed by atoms with Crippen LogP contribution in [-0.4, -0.2) is 16.9 Å². The van der Waals surface area contributed by atoms with Crippen LogP contribution >= 0.6 is 0 Å². The summed E-state index contributed by atoms with van der Waals surface area (Å²) in [5, 5.41) is 4.20. The first-order valence-corrected chi connectivity index (χ1v) is 5.24. The minimum Gasteiger partial charge on any atom is -0.497 e. The molecule has 0 aliphatic rings. The quantitative estimate of drug-likeness (QED) is 0.871. The van der Waals surface area contributed by atoms with Crippen LogP contribution in [0.15, 0.2) is 30.3 Å². The van der Waals surface area contributed by atoms with Crippen molar-refractivity contribution in [1.82, 2.24) is 9.78 Å². The highest BCUT2D eigenvalue weighted by molar-refractivity contribution is 5.32. The number of ether oxygens (including phenoxy) is 2. The summed E-state index contributed by atoms with van der Waals surface area (Å²) >= 11 is 0. The number of methoxy groups -OCH3 is 1. The van der Waals surface area contributed by atoms with Gasteiger partial charge in [-0.1, -0.05) is 0 Å². The Morgan fingerprint density at radius 1 is 1.24 bits per heavy atom. The summed E-state index contributed by atoms with van der Waals surface area (Å²) in [6, 6.07) is 9.20. The van der Waals surface area contributed by atoms with Crippen LogP contribution in [0.5, 0.6) is 11.5 Å². The Bertz CT molecular complexity index is 471. The Balaban J connectivity index is 1.97. The Morgan fingerprint density at radius 2 is 1.88 bits per heavy atom. The summed E-state index contributed by atoms with van der Waals surface area (Å²) in [4.78, 5) is 0. The first kappa shape index (κ1) is 11.3. The van der Waals surface area contributed by atoms with Crippen LogP contribution in [0.2, 0.25) is 0 Å². The van der Waals surface area contributed by atoms with Gasteiger partial charge in [0.05, 0.1) is 7.11 Å². The van der Waals surface area contributed by atoms with Gasteiger partial charge in [-0.05, 0) is 24.3 Å². The van der Waals surface area contributed by atoms with Crippen LogP contribution in [0.1, 0.15) is 5.69 Å². The van der Waals surface area contributed by atoms with Crippen molar-refractivity contribution >= 4 is 5.82 Å². The van der Waals surface area contributed by atoms with Gasteiger partial charge < -0.3 is 15.2 Å². The van der Waals surface area contributed by atoms with Crippen molar-refractivity contribution in [2.75, 3.05) is 12.8 Å². The Labute approximate surface area is 99.8 Å². The van der Waals surface area contributed by atoms with E-state index in [1.165, 1.54) is 0 Å². The summed E-state index contributed by atoms with van der Waals surface area (Å²) in [6.45, 7) is 0.400. The zero-order chi connectivity index (χ0) is 12.3. The molecule has 0 saturated heterocycles. The molecule has 0 saturated carbocycles. The van der Waals surface area contributed by atoms with E-state index >= 15 is 0 Å². The van der Waals surface area contributed by atoms with Crippen molar-refractivity contribution in [2.24, 2.45) is 7.05 Å². The van der Waals surface area contributed by atoms with Gasteiger partial charge in [0.25, 0.3) is 0 Å². The van der Waals surface area contributed by atoms with E-state index in [4.69, 9.17) is 15.2 Å². The number of aromatic nitrogens is 2. The molecular weight excluding hydrogens is 218 g/mol. The maximum Gasteiger partial charge on any atom is 0.132 e. The molecule has 0 radical (unpaired) electrons. The zero-order valence-electron chi connectivity index (χ0n) is 9.88. The SMILES string of the molecule is COc1ccc(OCc2cc(N)n(C)n2)cc1. The third-order valence-electron chi connectivity index (χ3n) is 2.41.